The minimum atomic E-state index is -0.489. The summed E-state index contributed by atoms with van der Waals surface area (Å²) in [5, 5.41) is 17.8. The fourth-order valence-electron chi connectivity index (χ4n) is 4.95. The predicted molar refractivity (Wildman–Crippen MR) is 166 cm³/mol. The third-order valence-corrected chi connectivity index (χ3v) is 7.40. The van der Waals surface area contributed by atoms with Crippen LogP contribution in [0.2, 0.25) is 5.02 Å². The number of nitrogens with two attached hydrogens (primary N) is 1. The highest BCUT2D eigenvalue weighted by Crippen LogP contribution is 2.30. The molecule has 3 aromatic heterocycles. The van der Waals surface area contributed by atoms with Gasteiger partial charge in [-0.05, 0) is 35.4 Å². The Labute approximate surface area is 247 Å². The van der Waals surface area contributed by atoms with Gasteiger partial charge < -0.3 is 16.4 Å². The van der Waals surface area contributed by atoms with Gasteiger partial charge in [0.25, 0.3) is 0 Å². The van der Waals surface area contributed by atoms with E-state index in [1.54, 1.807) is 24.5 Å². The zero-order valence-corrected chi connectivity index (χ0v) is 23.5. The van der Waals surface area contributed by atoms with Gasteiger partial charge in [-0.25, -0.2) is 9.97 Å². The topological polar surface area (TPSA) is 134 Å². The van der Waals surface area contributed by atoms with Crippen molar-refractivity contribution in [2.24, 2.45) is 5.73 Å². The summed E-state index contributed by atoms with van der Waals surface area (Å²) in [6.45, 7) is 2.04. The molecule has 210 valence electrons. The lowest BCUT2D eigenvalue weighted by Gasteiger charge is -2.11. The number of rotatable bonds is 11. The third-order valence-electron chi connectivity index (χ3n) is 7.09. The van der Waals surface area contributed by atoms with Crippen LogP contribution in [0, 0.1) is 0 Å². The van der Waals surface area contributed by atoms with Crippen molar-refractivity contribution in [3.63, 3.8) is 0 Å². The molecule has 3 aromatic carbocycles. The maximum absolute atomic E-state index is 11.7. The molecule has 6 aromatic rings. The molecule has 1 amide bonds. The SMILES string of the molecule is NC(=O)c1ccc2c(c1)nc(NCCc1n[nH]c(CCNCc3ccc(-c4ccccc4)c(Cl)c3)n1)c1ccncc12. The van der Waals surface area contributed by atoms with Crippen LogP contribution in [0.4, 0.5) is 5.82 Å². The molecule has 10 heteroatoms. The van der Waals surface area contributed by atoms with E-state index in [9.17, 15) is 4.79 Å². The Hall–Kier alpha value is -4.86. The van der Waals surface area contributed by atoms with E-state index in [0.29, 0.717) is 36.4 Å². The summed E-state index contributed by atoms with van der Waals surface area (Å²) in [7, 11) is 0. The molecule has 9 nitrogen and oxygen atoms in total. The molecule has 0 radical (unpaired) electrons. The first-order valence-corrected chi connectivity index (χ1v) is 14.1. The molecule has 6 rings (SSSR count). The highest BCUT2D eigenvalue weighted by Gasteiger charge is 2.11. The van der Waals surface area contributed by atoms with E-state index in [-0.39, 0.29) is 0 Å². The van der Waals surface area contributed by atoms with Crippen LogP contribution in [0.5, 0.6) is 0 Å². The lowest BCUT2D eigenvalue weighted by molar-refractivity contribution is 0.100. The van der Waals surface area contributed by atoms with E-state index < -0.39 is 5.91 Å². The van der Waals surface area contributed by atoms with Crippen LogP contribution in [0.3, 0.4) is 0 Å². The van der Waals surface area contributed by atoms with Crippen LogP contribution in [0.1, 0.15) is 27.6 Å². The van der Waals surface area contributed by atoms with Crippen LogP contribution < -0.4 is 16.4 Å². The lowest BCUT2D eigenvalue weighted by atomic mass is 10.0. The number of nitrogens with zero attached hydrogens (tertiary/aromatic N) is 4. The molecule has 0 spiro atoms. The minimum absolute atomic E-state index is 0.414. The first-order valence-electron chi connectivity index (χ1n) is 13.7. The molecule has 0 unspecified atom stereocenters. The van der Waals surface area contributed by atoms with Crippen molar-refractivity contribution >= 4 is 45.0 Å². The second-order valence-corrected chi connectivity index (χ2v) is 10.4. The Bertz CT molecular complexity index is 1870. The second-order valence-electron chi connectivity index (χ2n) is 9.96. The Morgan fingerprint density at radius 1 is 0.905 bits per heavy atom. The number of hydrogen-bond donors (Lipinski definition) is 4. The second kappa shape index (κ2) is 12.3. The number of aromatic nitrogens is 5. The lowest BCUT2D eigenvalue weighted by Crippen LogP contribution is -2.17. The van der Waals surface area contributed by atoms with Crippen molar-refractivity contribution < 1.29 is 4.79 Å². The average molecular weight is 577 g/mol. The van der Waals surface area contributed by atoms with Crippen LogP contribution in [0.25, 0.3) is 32.8 Å². The molecule has 0 aliphatic carbocycles. The van der Waals surface area contributed by atoms with E-state index in [0.717, 1.165) is 62.5 Å². The zero-order chi connectivity index (χ0) is 28.9. The maximum atomic E-state index is 11.7. The highest BCUT2D eigenvalue weighted by molar-refractivity contribution is 6.33. The van der Waals surface area contributed by atoms with Gasteiger partial charge in [-0.3, -0.25) is 14.9 Å². The molecule has 0 aliphatic rings. The van der Waals surface area contributed by atoms with Gasteiger partial charge in [0.1, 0.15) is 11.6 Å². The fourth-order valence-corrected chi connectivity index (χ4v) is 5.26. The van der Waals surface area contributed by atoms with Gasteiger partial charge in [-0.1, -0.05) is 60.1 Å². The molecule has 0 saturated carbocycles. The molecule has 42 heavy (non-hydrogen) atoms. The van der Waals surface area contributed by atoms with Gasteiger partial charge in [-0.15, -0.1) is 0 Å². The Kier molecular flexibility index (Phi) is 8.02. The molecular formula is C32H29ClN8O. The van der Waals surface area contributed by atoms with E-state index in [1.807, 2.05) is 36.4 Å². The smallest absolute Gasteiger partial charge is 0.248 e. The van der Waals surface area contributed by atoms with Gasteiger partial charge in [0.2, 0.25) is 5.91 Å². The number of benzene rings is 3. The highest BCUT2D eigenvalue weighted by atomic mass is 35.5. The monoisotopic (exact) mass is 576 g/mol. The number of nitrogens with one attached hydrogen (secondary N) is 3. The number of H-pyrrole nitrogens is 1. The summed E-state index contributed by atoms with van der Waals surface area (Å²) in [4.78, 5) is 25.4. The Balaban J connectivity index is 1.02. The molecule has 0 atom stereocenters. The van der Waals surface area contributed by atoms with Crippen molar-refractivity contribution in [2.45, 2.75) is 19.4 Å². The molecule has 0 bridgehead atoms. The number of anilines is 1. The number of pyridine rings is 2. The number of aromatic amines is 1. The van der Waals surface area contributed by atoms with Gasteiger partial charge in [0.15, 0.2) is 5.82 Å². The molecule has 0 fully saturated rings. The molecule has 3 heterocycles. The Morgan fingerprint density at radius 3 is 2.62 bits per heavy atom. The standard InChI is InChI=1S/C32H29ClN8O/c33-27-16-20(6-8-23(27)21-4-2-1-3-5-21)18-35-14-11-29-39-30(41-40-29)12-15-37-32-25-10-13-36-19-26(25)24-9-7-22(31(34)42)17-28(24)38-32/h1-10,13,16-17,19,35H,11-12,14-15,18H2,(H2,34,42)(H,37,38)(H,39,40,41). The van der Waals surface area contributed by atoms with E-state index in [4.69, 9.17) is 22.3 Å². The largest absolute Gasteiger partial charge is 0.369 e. The molecular weight excluding hydrogens is 548 g/mol. The van der Waals surface area contributed by atoms with Crippen molar-refractivity contribution in [1.29, 1.82) is 0 Å². The maximum Gasteiger partial charge on any atom is 0.248 e. The van der Waals surface area contributed by atoms with Crippen molar-refractivity contribution in [3.05, 3.63) is 113 Å². The molecule has 0 aliphatic heterocycles. The van der Waals surface area contributed by atoms with Gasteiger partial charge in [-0.2, -0.15) is 5.10 Å². The summed E-state index contributed by atoms with van der Waals surface area (Å²) < 4.78 is 0. The van der Waals surface area contributed by atoms with Crippen molar-refractivity contribution in [1.82, 2.24) is 30.5 Å². The van der Waals surface area contributed by atoms with Crippen LogP contribution in [0.15, 0.2) is 85.2 Å². The van der Waals surface area contributed by atoms with E-state index in [1.165, 1.54) is 0 Å². The fraction of sp³-hybridized carbons (Fsp3) is 0.156. The quantitative estimate of drug-likeness (QED) is 0.121. The van der Waals surface area contributed by atoms with Crippen molar-refractivity contribution in [2.75, 3.05) is 18.4 Å². The number of primary amides is 1. The molecule has 5 N–H and O–H groups in total. The van der Waals surface area contributed by atoms with Gasteiger partial charge >= 0.3 is 0 Å². The number of carbonyl (C=O) groups excluding carboxylic acids is 1. The molecule has 0 saturated heterocycles. The van der Waals surface area contributed by atoms with Crippen LogP contribution in [-0.4, -0.2) is 44.1 Å². The average Bonchev–Trinajstić information content (AvgIpc) is 3.47. The predicted octanol–water partition coefficient (Wildman–Crippen LogP) is 5.31. The number of carbonyl (C=O) groups is 1. The normalized spacial score (nSPS) is 11.3. The third kappa shape index (κ3) is 6.07. The zero-order valence-electron chi connectivity index (χ0n) is 22.8. The van der Waals surface area contributed by atoms with Crippen molar-refractivity contribution in [3.8, 4) is 11.1 Å². The summed E-state index contributed by atoms with van der Waals surface area (Å²) >= 11 is 6.55. The number of halogens is 1. The summed E-state index contributed by atoms with van der Waals surface area (Å²) in [6, 6.07) is 23.5. The summed E-state index contributed by atoms with van der Waals surface area (Å²) in [5.41, 5.74) is 9.83. The van der Waals surface area contributed by atoms with Gasteiger partial charge in [0, 0.05) is 77.2 Å². The number of amides is 1. The van der Waals surface area contributed by atoms with Crippen LogP contribution in [-0.2, 0) is 19.4 Å². The van der Waals surface area contributed by atoms with E-state index in [2.05, 4.69) is 55.1 Å². The summed E-state index contributed by atoms with van der Waals surface area (Å²) in [5.74, 6) is 1.77. The Morgan fingerprint density at radius 2 is 1.79 bits per heavy atom. The number of hydrogen-bond acceptors (Lipinski definition) is 7. The summed E-state index contributed by atoms with van der Waals surface area (Å²) in [6.07, 6.45) is 4.88. The first-order chi connectivity index (χ1) is 20.5. The first kappa shape index (κ1) is 27.3. The van der Waals surface area contributed by atoms with E-state index >= 15 is 0 Å². The van der Waals surface area contributed by atoms with Crippen LogP contribution >= 0.6 is 11.6 Å². The van der Waals surface area contributed by atoms with Gasteiger partial charge in [0.05, 0.1) is 5.52 Å². The minimum Gasteiger partial charge on any atom is -0.369 e. The number of fused-ring (bicyclic) bond motifs is 3.